The van der Waals surface area contributed by atoms with Crippen LogP contribution >= 0.6 is 0 Å². The topological polar surface area (TPSA) is 15.3 Å². The van der Waals surface area contributed by atoms with Crippen molar-refractivity contribution < 1.29 is 17.8 Å². The van der Waals surface area contributed by atoms with E-state index in [2.05, 4.69) is 0 Å². The van der Waals surface area contributed by atoms with E-state index in [0.29, 0.717) is 0 Å². The van der Waals surface area contributed by atoms with Crippen LogP contribution in [-0.2, 0) is 0 Å². The second-order valence-electron chi connectivity index (χ2n) is 1.18. The number of piperazine rings is 1. The summed E-state index contributed by atoms with van der Waals surface area (Å²) in [6, 6.07) is -3.39. The summed E-state index contributed by atoms with van der Waals surface area (Å²) in [5.74, 6) is 0. The summed E-state index contributed by atoms with van der Waals surface area (Å²) in [5.41, 5.74) is 0. The molecule has 1 aliphatic heterocycles. The zero-order valence-electron chi connectivity index (χ0n) is 16.9. The van der Waals surface area contributed by atoms with Gasteiger partial charge in [0.05, 0.1) is 0 Å². The van der Waals surface area contributed by atoms with E-state index >= 15 is 0 Å². The Balaban J connectivity index is 3.67. The Hall–Kier alpha value is -0.0800. The van der Waals surface area contributed by atoms with E-state index in [4.69, 9.17) is 17.8 Å². The number of hydrogen-bond donors (Lipinski definition) is 1. The van der Waals surface area contributed by atoms with Crippen molar-refractivity contribution in [2.45, 2.75) is 12.9 Å². The van der Waals surface area contributed by atoms with E-state index in [-0.39, 0.29) is 0 Å². The lowest BCUT2D eigenvalue weighted by Crippen LogP contribution is -2.47. The normalized spacial score (nSPS) is 88.2. The fourth-order valence-corrected chi connectivity index (χ4v) is 0.314. The van der Waals surface area contributed by atoms with Gasteiger partial charge in [-0.25, -0.2) is 0 Å². The van der Waals surface area contributed by atoms with Crippen molar-refractivity contribution in [3.8, 4) is 0 Å². The first-order chi connectivity index (χ1) is 8.82. The second kappa shape index (κ2) is 2.46. The quantitative estimate of drug-likeness (QED) is 0.489. The summed E-state index contributed by atoms with van der Waals surface area (Å²) >= 11 is 0. The van der Waals surface area contributed by atoms with Gasteiger partial charge >= 0.3 is 0 Å². The molecule has 1 fully saturated rings. The maximum Gasteiger partial charge on any atom is 0.0475 e. The number of nitrogens with zero attached hydrogens (tertiary/aromatic N) is 1. The standard InChI is InChI=1S/C6H14N2/c1-6-5-8(2)4-3-7-6/h6-7H,3-5H2,1-2H3/i1D3,2D3,3D2,4D2,5D2,6D. The van der Waals surface area contributed by atoms with Crippen LogP contribution in [0, 0.1) is 0 Å². The minimum Gasteiger partial charge on any atom is -0.312 e. The van der Waals surface area contributed by atoms with Crippen LogP contribution in [0.3, 0.4) is 0 Å². The van der Waals surface area contributed by atoms with Crippen molar-refractivity contribution in [1.29, 1.82) is 0 Å². The van der Waals surface area contributed by atoms with Crippen LogP contribution in [0.4, 0.5) is 0 Å². The van der Waals surface area contributed by atoms with Crippen molar-refractivity contribution >= 4 is 0 Å². The van der Waals surface area contributed by atoms with E-state index in [9.17, 15) is 0 Å². The fraction of sp³-hybridized carbons (Fsp3) is 1.00. The molecule has 48 valence electrons. The Morgan fingerprint density at radius 3 is 3.88 bits per heavy atom. The van der Waals surface area contributed by atoms with Gasteiger partial charge in [-0.1, -0.05) is 0 Å². The maximum absolute atomic E-state index is 7.77. The molecule has 0 radical (unpaired) electrons. The van der Waals surface area contributed by atoms with Crippen LogP contribution in [-0.4, -0.2) is 37.4 Å². The molecule has 0 bridgehead atoms. The number of hydrogen-bond acceptors (Lipinski definition) is 2. The third-order valence-electron chi connectivity index (χ3n) is 0.579. The van der Waals surface area contributed by atoms with Crippen molar-refractivity contribution in [2.75, 3.05) is 26.5 Å². The summed E-state index contributed by atoms with van der Waals surface area (Å²) in [6.07, 6.45) is 0. The molecule has 1 rings (SSSR count). The van der Waals surface area contributed by atoms with Gasteiger partial charge in [0.25, 0.3) is 0 Å². The summed E-state index contributed by atoms with van der Waals surface area (Å²) < 4.78 is 96.6. The SMILES string of the molecule is [2H]C([2H])([2H])N1C([2H])([2H])C([2H])([2H])NC([2H])(C([2H])([2H])[2H])C1([2H])[2H]. The fourth-order valence-electron chi connectivity index (χ4n) is 0.314. The van der Waals surface area contributed by atoms with Gasteiger partial charge in [-0.2, -0.15) is 0 Å². The van der Waals surface area contributed by atoms with Gasteiger partial charge in [-0.3, -0.25) is 0 Å². The molecule has 1 saturated heterocycles. The van der Waals surface area contributed by atoms with Gasteiger partial charge in [0.1, 0.15) is 0 Å². The predicted octanol–water partition coefficient (Wildman–Crippen LogP) is -0.0901. The van der Waals surface area contributed by atoms with Gasteiger partial charge in [0.2, 0.25) is 0 Å². The molecule has 8 heavy (non-hydrogen) atoms. The first kappa shape index (κ1) is 0.867. The molecular formula is C6H14N2. The third-order valence-corrected chi connectivity index (χ3v) is 0.579. The van der Waals surface area contributed by atoms with Crippen LogP contribution < -0.4 is 5.32 Å². The van der Waals surface area contributed by atoms with Crippen LogP contribution in [0.15, 0.2) is 0 Å². The van der Waals surface area contributed by atoms with Crippen molar-refractivity contribution in [3.05, 3.63) is 0 Å². The summed E-state index contributed by atoms with van der Waals surface area (Å²) in [6.45, 7) is -17.2. The maximum atomic E-state index is 7.77. The van der Waals surface area contributed by atoms with E-state index in [1.165, 1.54) is 5.32 Å². The Labute approximate surface area is 69.1 Å². The summed E-state index contributed by atoms with van der Waals surface area (Å²) in [5, 5.41) is 1.49. The lowest BCUT2D eigenvalue weighted by atomic mass is 10.2. The summed E-state index contributed by atoms with van der Waals surface area (Å²) in [7, 11) is 0. The molecule has 0 aromatic carbocycles. The number of nitrogens with one attached hydrogen (secondary N) is 1. The first-order valence-corrected chi connectivity index (χ1v) is 1.92. The molecule has 1 aliphatic rings. The molecule has 0 amide bonds. The van der Waals surface area contributed by atoms with E-state index in [0.717, 1.165) is 0 Å². The molecule has 2 nitrogen and oxygen atoms in total. The zero-order valence-corrected chi connectivity index (χ0v) is 3.95. The number of rotatable bonds is 0. The number of likely N-dealkylation sites (N-methyl/N-ethyl adjacent to an activating group) is 1. The Morgan fingerprint density at radius 2 is 3.12 bits per heavy atom. The molecule has 1 N–H and O–H groups in total. The molecule has 0 saturated carbocycles. The largest absolute Gasteiger partial charge is 0.312 e. The molecule has 1 unspecified atom stereocenters. The zero-order chi connectivity index (χ0) is 17.3. The molecule has 0 aromatic heterocycles. The van der Waals surface area contributed by atoms with Gasteiger partial charge in [0, 0.05) is 43.3 Å². The average Bonchev–Trinajstić information content (AvgIpc) is 2.08. The van der Waals surface area contributed by atoms with E-state index in [1.54, 1.807) is 0 Å². The Morgan fingerprint density at radius 1 is 2.12 bits per heavy atom. The molecule has 0 aliphatic carbocycles. The lowest BCUT2D eigenvalue weighted by Gasteiger charge is -2.28. The first-order valence-electron chi connectivity index (χ1n) is 8.42. The smallest absolute Gasteiger partial charge is 0.0475 e. The van der Waals surface area contributed by atoms with Gasteiger partial charge < -0.3 is 10.2 Å². The molecule has 0 spiro atoms. The highest BCUT2D eigenvalue weighted by molar-refractivity contribution is 4.71. The molecule has 0 aromatic rings. The van der Waals surface area contributed by atoms with Crippen LogP contribution in [0.1, 0.15) is 24.7 Å². The van der Waals surface area contributed by atoms with Crippen LogP contribution in [0.2, 0.25) is 0 Å². The lowest BCUT2D eigenvalue weighted by molar-refractivity contribution is 0.248. The molecule has 1 atom stereocenters. The summed E-state index contributed by atoms with van der Waals surface area (Å²) in [4.78, 5) is -0.511. The minimum absolute atomic E-state index is 0.511. The Bertz CT molecular complexity index is 421. The highest BCUT2D eigenvalue weighted by Gasteiger charge is 2.09. The third kappa shape index (κ3) is 1.46. The highest BCUT2D eigenvalue weighted by Crippen LogP contribution is 1.92. The van der Waals surface area contributed by atoms with E-state index in [1.807, 2.05) is 0 Å². The predicted molar refractivity (Wildman–Crippen MR) is 35.0 cm³/mol. The highest BCUT2D eigenvalue weighted by atomic mass is 15.2. The van der Waals surface area contributed by atoms with Crippen molar-refractivity contribution in [3.63, 3.8) is 0 Å². The van der Waals surface area contributed by atoms with E-state index < -0.39 is 44.2 Å². The molecule has 2 heteroatoms. The average molecular weight is 127 g/mol. The van der Waals surface area contributed by atoms with Gasteiger partial charge in [-0.05, 0) is 13.8 Å². The Kier molecular flexibility index (Phi) is 0.267. The van der Waals surface area contributed by atoms with Crippen molar-refractivity contribution in [1.82, 2.24) is 10.2 Å². The van der Waals surface area contributed by atoms with Crippen molar-refractivity contribution in [2.24, 2.45) is 0 Å². The van der Waals surface area contributed by atoms with Gasteiger partial charge in [0.15, 0.2) is 0 Å². The monoisotopic (exact) mass is 127 g/mol. The van der Waals surface area contributed by atoms with Crippen LogP contribution in [0.25, 0.3) is 0 Å². The van der Waals surface area contributed by atoms with Gasteiger partial charge in [-0.15, -0.1) is 0 Å². The minimum atomic E-state index is -3.54. The second-order valence-corrected chi connectivity index (χ2v) is 1.18. The molecular weight excluding hydrogens is 100 g/mol. The van der Waals surface area contributed by atoms with Crippen LogP contribution in [0.5, 0.6) is 0 Å². The molecule has 1 heterocycles.